The van der Waals surface area contributed by atoms with E-state index in [1.165, 1.54) is 24.3 Å². The molecule has 0 atom stereocenters. The van der Waals surface area contributed by atoms with E-state index in [4.69, 9.17) is 16.4 Å². The molecule has 2 spiro atoms. The van der Waals surface area contributed by atoms with Crippen molar-refractivity contribution in [3.63, 3.8) is 0 Å². The van der Waals surface area contributed by atoms with Crippen molar-refractivity contribution in [3.8, 4) is 24.2 Å². The molecule has 0 amide bonds. The van der Waals surface area contributed by atoms with Crippen molar-refractivity contribution in [2.45, 2.75) is 51.6 Å². The maximum absolute atomic E-state index is 13.3. The summed E-state index contributed by atoms with van der Waals surface area (Å²) in [5, 5.41) is 8.16. The summed E-state index contributed by atoms with van der Waals surface area (Å²) in [6.07, 6.45) is 11.2. The number of rotatable bonds is 0. The molecule has 0 radical (unpaired) electrons. The van der Waals surface area contributed by atoms with Gasteiger partial charge in [-0.2, -0.15) is 0 Å². The molecular weight excluding hydrogens is 822 g/mol. The maximum atomic E-state index is 13.3. The van der Waals surface area contributed by atoms with Crippen molar-refractivity contribution >= 4 is 50.1 Å². The highest BCUT2D eigenvalue weighted by molar-refractivity contribution is 9.10. The van der Waals surface area contributed by atoms with Crippen LogP contribution in [0.3, 0.4) is 0 Å². The Labute approximate surface area is 350 Å². The fraction of sp³-hybridized carbons (Fsp3) is 0.304. The zero-order chi connectivity index (χ0) is 39.6. The summed E-state index contributed by atoms with van der Waals surface area (Å²) in [5.74, 6) is 9.60. The fourth-order valence-electron chi connectivity index (χ4n) is 8.51. The molecule has 2 fully saturated rings. The van der Waals surface area contributed by atoms with Gasteiger partial charge in [0.2, 0.25) is 0 Å². The van der Waals surface area contributed by atoms with Crippen LogP contribution in [0.5, 0.6) is 0 Å². The molecule has 2 aromatic heterocycles. The first kappa shape index (κ1) is 41.0. The summed E-state index contributed by atoms with van der Waals surface area (Å²) in [7, 11) is 0. The second-order valence-corrected chi connectivity index (χ2v) is 16.4. The van der Waals surface area contributed by atoms with Crippen molar-refractivity contribution in [1.29, 1.82) is 0 Å². The Hall–Kier alpha value is -5.17. The molecular formula is C46H42BrClF2N6O2. The van der Waals surface area contributed by atoms with Gasteiger partial charge in [0.05, 0.1) is 21.8 Å². The lowest BCUT2D eigenvalue weighted by atomic mass is 9.78. The van der Waals surface area contributed by atoms with Gasteiger partial charge in [-0.05, 0) is 135 Å². The molecule has 4 aliphatic heterocycles. The van der Waals surface area contributed by atoms with Crippen LogP contribution >= 0.6 is 28.3 Å². The molecule has 2 N–H and O–H groups in total. The molecule has 0 bridgehead atoms. The molecule has 6 aromatic rings. The van der Waals surface area contributed by atoms with Crippen molar-refractivity contribution in [3.05, 3.63) is 150 Å². The first-order valence-corrected chi connectivity index (χ1v) is 20.0. The predicted octanol–water partition coefficient (Wildman–Crippen LogP) is 7.18. The number of nitrogens with one attached hydrogen (secondary N) is 2. The highest BCUT2D eigenvalue weighted by Gasteiger charge is 2.41. The second-order valence-electron chi connectivity index (χ2n) is 15.5. The lowest BCUT2D eigenvalue weighted by molar-refractivity contribution is 0.198. The smallest absolute Gasteiger partial charge is 0.261 e. The lowest BCUT2D eigenvalue weighted by Crippen LogP contribution is -2.38. The Balaban J connectivity index is 0.000000148. The summed E-state index contributed by atoms with van der Waals surface area (Å²) in [4.78, 5) is 35.2. The molecule has 12 heteroatoms. The monoisotopic (exact) mass is 862 g/mol. The summed E-state index contributed by atoms with van der Waals surface area (Å²) >= 11 is 3.45. The minimum Gasteiger partial charge on any atom is -0.317 e. The van der Waals surface area contributed by atoms with Crippen LogP contribution in [0.25, 0.3) is 21.8 Å². The average Bonchev–Trinajstić information content (AvgIpc) is 3.75. The van der Waals surface area contributed by atoms with E-state index in [1.54, 1.807) is 30.3 Å². The van der Waals surface area contributed by atoms with Gasteiger partial charge in [0.1, 0.15) is 23.3 Å². The zero-order valence-corrected chi connectivity index (χ0v) is 34.2. The van der Waals surface area contributed by atoms with Gasteiger partial charge in [-0.15, -0.1) is 18.8 Å². The van der Waals surface area contributed by atoms with Gasteiger partial charge in [0, 0.05) is 47.1 Å². The number of halogens is 4. The zero-order valence-electron chi connectivity index (χ0n) is 31.8. The van der Waals surface area contributed by atoms with Gasteiger partial charge in [-0.3, -0.25) is 18.7 Å². The van der Waals surface area contributed by atoms with Crippen LogP contribution < -0.4 is 21.8 Å². The maximum Gasteiger partial charge on any atom is 0.261 e. The summed E-state index contributed by atoms with van der Waals surface area (Å²) < 4.78 is 30.3. The van der Waals surface area contributed by atoms with E-state index >= 15 is 0 Å². The van der Waals surface area contributed by atoms with Crippen LogP contribution in [-0.2, 0) is 25.9 Å². The third-order valence-corrected chi connectivity index (χ3v) is 12.1. The average molecular weight is 864 g/mol. The van der Waals surface area contributed by atoms with Crippen LogP contribution in [0.4, 0.5) is 8.78 Å². The van der Waals surface area contributed by atoms with Gasteiger partial charge in [0.15, 0.2) is 0 Å². The van der Waals surface area contributed by atoms with E-state index in [1.807, 2.05) is 39.5 Å². The first-order valence-electron chi connectivity index (χ1n) is 19.3. The number of benzene rings is 4. The SMILES string of the molecule is C#Cc1cccc(F)c1.Cl.O=c1c2ccc(Br)cc2nc2n1CC1(CCNCC1)C2.O=c1c2ccc(C#Cc3cccc(F)c3)cc2nc2n1CC1(CCNCC1)C2. The number of nitrogens with zero attached hydrogens (tertiary/aromatic N) is 4. The first-order chi connectivity index (χ1) is 27.6. The molecule has 4 aliphatic rings. The topological polar surface area (TPSA) is 93.8 Å². The number of piperidine rings is 2. The van der Waals surface area contributed by atoms with E-state index < -0.39 is 0 Å². The van der Waals surface area contributed by atoms with E-state index in [-0.39, 0.29) is 46.0 Å². The van der Waals surface area contributed by atoms with Crippen LogP contribution in [0.1, 0.15) is 54.0 Å². The summed E-state index contributed by atoms with van der Waals surface area (Å²) in [6.45, 7) is 5.71. The number of aromatic nitrogens is 4. The van der Waals surface area contributed by atoms with Crippen molar-refractivity contribution in [2.24, 2.45) is 10.8 Å². The second kappa shape index (κ2) is 17.4. The Bertz CT molecular complexity index is 2740. The van der Waals surface area contributed by atoms with E-state index in [2.05, 4.69) is 44.3 Å². The van der Waals surface area contributed by atoms with Gasteiger partial charge in [-0.1, -0.05) is 45.8 Å². The minimum atomic E-state index is -0.303. The number of hydrogen-bond donors (Lipinski definition) is 2. The molecule has 296 valence electrons. The van der Waals surface area contributed by atoms with Crippen molar-refractivity contribution in [2.75, 3.05) is 26.2 Å². The van der Waals surface area contributed by atoms with E-state index in [0.29, 0.717) is 22.0 Å². The normalized spacial score (nSPS) is 16.7. The van der Waals surface area contributed by atoms with E-state index in [0.717, 1.165) is 110 Å². The molecule has 0 saturated carbocycles. The Morgan fingerprint density at radius 1 is 0.638 bits per heavy atom. The fourth-order valence-corrected chi connectivity index (χ4v) is 8.86. The summed E-state index contributed by atoms with van der Waals surface area (Å²) in [5.41, 5.74) is 4.04. The highest BCUT2D eigenvalue weighted by atomic mass is 79.9. The van der Waals surface area contributed by atoms with Crippen LogP contribution in [0.2, 0.25) is 0 Å². The van der Waals surface area contributed by atoms with Gasteiger partial charge < -0.3 is 10.6 Å². The predicted molar refractivity (Wildman–Crippen MR) is 230 cm³/mol. The molecule has 0 aliphatic carbocycles. The van der Waals surface area contributed by atoms with Crippen molar-refractivity contribution < 1.29 is 8.78 Å². The minimum absolute atomic E-state index is 0. The molecule has 6 heterocycles. The molecule has 8 nitrogen and oxygen atoms in total. The number of hydrogen-bond acceptors (Lipinski definition) is 6. The van der Waals surface area contributed by atoms with Crippen LogP contribution in [0.15, 0.2) is 99.0 Å². The molecule has 2 saturated heterocycles. The standard InChI is InChI=1S/C23H20FN3O.C15H16BrN3O.C8H5F.ClH/c24-18-3-1-2-16(12-18)4-5-17-6-7-19-20(13-17)26-21-14-23(8-10-25-11-9-23)15-27(21)22(19)28;16-10-1-2-11-12(7-10)18-13-8-15(3-5-17-6-4-15)9-19(13)14(11)20;1-2-7-4-3-5-8(9)6-7;/h1-3,6-7,12-13,25H,8-11,14-15H2;1-2,7,17H,3-6,8-9H2;1,3-6H;1H. The van der Waals surface area contributed by atoms with Gasteiger partial charge in [-0.25, -0.2) is 18.7 Å². The Kier molecular flexibility index (Phi) is 12.3. The molecule has 10 rings (SSSR count). The number of fused-ring (bicyclic) bond motifs is 4. The number of terminal acetylenes is 1. The van der Waals surface area contributed by atoms with Crippen LogP contribution in [0, 0.1) is 46.6 Å². The van der Waals surface area contributed by atoms with Crippen LogP contribution in [-0.4, -0.2) is 45.3 Å². The Morgan fingerprint density at radius 3 is 1.60 bits per heavy atom. The van der Waals surface area contributed by atoms with E-state index in [9.17, 15) is 18.4 Å². The van der Waals surface area contributed by atoms with Gasteiger partial charge in [0.25, 0.3) is 11.1 Å². The van der Waals surface area contributed by atoms with Gasteiger partial charge >= 0.3 is 0 Å². The third-order valence-electron chi connectivity index (χ3n) is 11.6. The molecule has 58 heavy (non-hydrogen) atoms. The van der Waals surface area contributed by atoms with Crippen molar-refractivity contribution in [1.82, 2.24) is 29.7 Å². The lowest BCUT2D eigenvalue weighted by Gasteiger charge is -2.32. The quantitative estimate of drug-likeness (QED) is 0.158. The molecule has 4 aromatic carbocycles. The molecule has 0 unspecified atom stereocenters. The highest BCUT2D eigenvalue weighted by Crippen LogP contribution is 2.40. The Morgan fingerprint density at radius 2 is 1.10 bits per heavy atom. The largest absolute Gasteiger partial charge is 0.317 e. The summed E-state index contributed by atoms with van der Waals surface area (Å²) in [6, 6.07) is 23.4. The third kappa shape index (κ3) is 8.79.